The lowest BCUT2D eigenvalue weighted by Gasteiger charge is -2.00. The van der Waals surface area contributed by atoms with E-state index in [1.54, 1.807) is 12.3 Å². The first-order valence-electron chi connectivity index (χ1n) is 3.94. The predicted molar refractivity (Wildman–Crippen MR) is 51.7 cm³/mol. The van der Waals surface area contributed by atoms with Crippen molar-refractivity contribution in [3.63, 3.8) is 0 Å². The van der Waals surface area contributed by atoms with Gasteiger partial charge in [0.2, 0.25) is 0 Å². The zero-order chi connectivity index (χ0) is 9.42. The second kappa shape index (κ2) is 2.58. The monoisotopic (exact) mass is 174 g/mol. The van der Waals surface area contributed by atoms with Crippen LogP contribution in [-0.2, 0) is 7.05 Å². The van der Waals surface area contributed by atoms with Crippen molar-refractivity contribution in [1.82, 2.24) is 9.55 Å². The van der Waals surface area contributed by atoms with Gasteiger partial charge in [-0.25, -0.2) is 4.98 Å². The van der Waals surface area contributed by atoms with E-state index in [1.807, 2.05) is 23.9 Å². The van der Waals surface area contributed by atoms with Crippen LogP contribution in [0.5, 0.6) is 0 Å². The summed E-state index contributed by atoms with van der Waals surface area (Å²) in [5.74, 6) is 0.0820. The summed E-state index contributed by atoms with van der Waals surface area (Å²) in [5, 5.41) is 8.30. The van der Waals surface area contributed by atoms with Gasteiger partial charge in [0, 0.05) is 30.4 Å². The highest BCUT2D eigenvalue weighted by Crippen LogP contribution is 2.16. The molecule has 4 heteroatoms. The second-order valence-corrected chi connectivity index (χ2v) is 2.94. The van der Waals surface area contributed by atoms with Gasteiger partial charge < -0.3 is 10.3 Å². The van der Waals surface area contributed by atoms with E-state index >= 15 is 0 Å². The number of hydrogen-bond donors (Lipinski definition) is 2. The number of rotatable bonds is 1. The number of nitrogens with zero attached hydrogens (tertiary/aromatic N) is 2. The van der Waals surface area contributed by atoms with Crippen molar-refractivity contribution in [1.29, 1.82) is 5.41 Å². The molecule has 0 aliphatic rings. The topological polar surface area (TPSA) is 67.7 Å². The molecule has 0 radical (unpaired) electrons. The Morgan fingerprint density at radius 1 is 1.54 bits per heavy atom. The van der Waals surface area contributed by atoms with Crippen molar-refractivity contribution in [3.8, 4) is 0 Å². The molecule has 0 saturated carbocycles. The molecule has 0 unspecified atom stereocenters. The van der Waals surface area contributed by atoms with E-state index in [9.17, 15) is 0 Å². The smallest absolute Gasteiger partial charge is 0.140 e. The minimum Gasteiger partial charge on any atom is -0.384 e. The van der Waals surface area contributed by atoms with E-state index in [0.29, 0.717) is 0 Å². The van der Waals surface area contributed by atoms with Crippen LogP contribution < -0.4 is 5.73 Å². The summed E-state index contributed by atoms with van der Waals surface area (Å²) < 4.78 is 1.90. The maximum Gasteiger partial charge on any atom is 0.140 e. The number of fused-ring (bicyclic) bond motifs is 1. The fourth-order valence-corrected chi connectivity index (χ4v) is 1.40. The van der Waals surface area contributed by atoms with Crippen LogP contribution in [0.3, 0.4) is 0 Å². The Morgan fingerprint density at radius 2 is 2.31 bits per heavy atom. The van der Waals surface area contributed by atoms with Gasteiger partial charge in [-0.05, 0) is 12.1 Å². The van der Waals surface area contributed by atoms with Crippen LogP contribution in [0.15, 0.2) is 24.5 Å². The lowest BCUT2D eigenvalue weighted by molar-refractivity contribution is 0.948. The zero-order valence-electron chi connectivity index (χ0n) is 7.28. The highest BCUT2D eigenvalue weighted by Gasteiger charge is 2.05. The molecule has 2 heterocycles. The van der Waals surface area contributed by atoms with Crippen molar-refractivity contribution in [3.05, 3.63) is 30.1 Å². The Balaban J connectivity index is 2.84. The summed E-state index contributed by atoms with van der Waals surface area (Å²) in [6, 6.07) is 3.67. The van der Waals surface area contributed by atoms with Crippen LogP contribution in [0.2, 0.25) is 0 Å². The summed E-state index contributed by atoms with van der Waals surface area (Å²) in [5.41, 5.74) is 7.03. The summed E-state index contributed by atoms with van der Waals surface area (Å²) in [7, 11) is 1.92. The third-order valence-electron chi connectivity index (χ3n) is 2.06. The Labute approximate surface area is 75.5 Å². The first-order chi connectivity index (χ1) is 6.20. The number of pyridine rings is 1. The number of aromatic nitrogens is 2. The molecule has 0 fully saturated rings. The molecule has 2 rings (SSSR count). The van der Waals surface area contributed by atoms with Gasteiger partial charge in [0.05, 0.1) is 0 Å². The average molecular weight is 174 g/mol. The van der Waals surface area contributed by atoms with Gasteiger partial charge in [-0.1, -0.05) is 0 Å². The van der Waals surface area contributed by atoms with E-state index in [2.05, 4.69) is 4.98 Å². The SMILES string of the molecule is Cn1ccc2c(C(=N)N)ccnc21. The molecule has 0 aromatic carbocycles. The maximum absolute atomic E-state index is 7.37. The van der Waals surface area contributed by atoms with E-state index in [1.165, 1.54) is 0 Å². The Bertz CT molecular complexity index is 469. The zero-order valence-corrected chi connectivity index (χ0v) is 7.28. The molecule has 13 heavy (non-hydrogen) atoms. The first-order valence-corrected chi connectivity index (χ1v) is 3.94. The van der Waals surface area contributed by atoms with Gasteiger partial charge in [0.1, 0.15) is 11.5 Å². The van der Waals surface area contributed by atoms with Crippen molar-refractivity contribution < 1.29 is 0 Å². The van der Waals surface area contributed by atoms with Crippen LogP contribution in [-0.4, -0.2) is 15.4 Å². The van der Waals surface area contributed by atoms with Crippen LogP contribution in [0.1, 0.15) is 5.56 Å². The summed E-state index contributed by atoms with van der Waals surface area (Å²) >= 11 is 0. The summed E-state index contributed by atoms with van der Waals surface area (Å²) in [6.45, 7) is 0. The first kappa shape index (κ1) is 7.79. The third kappa shape index (κ3) is 1.07. The minimum atomic E-state index is 0.0820. The molecule has 3 N–H and O–H groups in total. The van der Waals surface area contributed by atoms with Gasteiger partial charge in [-0.15, -0.1) is 0 Å². The van der Waals surface area contributed by atoms with Gasteiger partial charge in [-0.2, -0.15) is 0 Å². The highest BCUT2D eigenvalue weighted by atomic mass is 15.0. The molecular weight excluding hydrogens is 164 g/mol. The maximum atomic E-state index is 7.37. The van der Waals surface area contributed by atoms with E-state index in [-0.39, 0.29) is 5.84 Å². The van der Waals surface area contributed by atoms with E-state index < -0.39 is 0 Å². The normalized spacial score (nSPS) is 10.5. The fraction of sp³-hybridized carbons (Fsp3) is 0.111. The fourth-order valence-electron chi connectivity index (χ4n) is 1.40. The molecule has 2 aromatic rings. The number of hydrogen-bond acceptors (Lipinski definition) is 2. The minimum absolute atomic E-state index is 0.0820. The third-order valence-corrected chi connectivity index (χ3v) is 2.06. The lowest BCUT2D eigenvalue weighted by Crippen LogP contribution is -2.11. The summed E-state index contributed by atoms with van der Waals surface area (Å²) in [6.07, 6.45) is 3.57. The van der Waals surface area contributed by atoms with Gasteiger partial charge in [0.25, 0.3) is 0 Å². The molecule has 0 aliphatic carbocycles. The second-order valence-electron chi connectivity index (χ2n) is 2.94. The van der Waals surface area contributed by atoms with E-state index in [0.717, 1.165) is 16.6 Å². The molecular formula is C9H10N4. The number of nitrogens with one attached hydrogen (secondary N) is 1. The number of nitrogen functional groups attached to an aromatic ring is 1. The molecule has 0 amide bonds. The van der Waals surface area contributed by atoms with Crippen LogP contribution in [0.25, 0.3) is 11.0 Å². The van der Waals surface area contributed by atoms with E-state index in [4.69, 9.17) is 11.1 Å². The van der Waals surface area contributed by atoms with Gasteiger partial charge >= 0.3 is 0 Å². The molecule has 2 aromatic heterocycles. The summed E-state index contributed by atoms with van der Waals surface area (Å²) in [4.78, 5) is 4.19. The molecule has 4 nitrogen and oxygen atoms in total. The molecule has 0 atom stereocenters. The van der Waals surface area contributed by atoms with Crippen LogP contribution >= 0.6 is 0 Å². The number of amidine groups is 1. The van der Waals surface area contributed by atoms with Crippen molar-refractivity contribution in [2.75, 3.05) is 0 Å². The molecule has 0 spiro atoms. The van der Waals surface area contributed by atoms with Gasteiger partial charge in [0.15, 0.2) is 0 Å². The largest absolute Gasteiger partial charge is 0.384 e. The lowest BCUT2D eigenvalue weighted by atomic mass is 10.2. The molecule has 0 saturated heterocycles. The predicted octanol–water partition coefficient (Wildman–Crippen LogP) is 0.857. The Kier molecular flexibility index (Phi) is 1.55. The van der Waals surface area contributed by atoms with Crippen molar-refractivity contribution >= 4 is 16.9 Å². The Hall–Kier alpha value is -1.84. The van der Waals surface area contributed by atoms with Crippen molar-refractivity contribution in [2.45, 2.75) is 0 Å². The number of aryl methyl sites for hydroxylation is 1. The van der Waals surface area contributed by atoms with Gasteiger partial charge in [-0.3, -0.25) is 5.41 Å². The molecule has 0 bridgehead atoms. The standard InChI is InChI=1S/C9H10N4/c1-13-5-3-7-6(8(10)11)2-4-12-9(7)13/h2-5H,1H3,(H3,10,11). The van der Waals surface area contributed by atoms with Crippen LogP contribution in [0.4, 0.5) is 0 Å². The number of nitrogens with two attached hydrogens (primary N) is 1. The highest BCUT2D eigenvalue weighted by molar-refractivity contribution is 6.06. The van der Waals surface area contributed by atoms with Crippen molar-refractivity contribution in [2.24, 2.45) is 12.8 Å². The Morgan fingerprint density at radius 3 is 3.00 bits per heavy atom. The average Bonchev–Trinajstić information content (AvgIpc) is 2.48. The molecule has 66 valence electrons. The molecule has 0 aliphatic heterocycles. The van der Waals surface area contributed by atoms with Crippen LogP contribution in [0, 0.1) is 5.41 Å². The quantitative estimate of drug-likeness (QED) is 0.497.